The molecule has 0 saturated heterocycles. The maximum absolute atomic E-state index is 11.8. The Morgan fingerprint density at radius 1 is 1.50 bits per heavy atom. The molecule has 0 amide bonds. The van der Waals surface area contributed by atoms with Crippen molar-refractivity contribution >= 4 is 10.0 Å². The van der Waals surface area contributed by atoms with Crippen LogP contribution < -0.4 is 4.72 Å². The molecule has 0 bridgehead atoms. The largest absolute Gasteiger partial charge is 0.394 e. The highest BCUT2D eigenvalue weighted by atomic mass is 32.2. The third-order valence-electron chi connectivity index (χ3n) is 1.94. The van der Waals surface area contributed by atoms with Gasteiger partial charge in [-0.1, -0.05) is 0 Å². The quantitative estimate of drug-likeness (QED) is 0.630. The second-order valence-electron chi connectivity index (χ2n) is 3.20. The highest BCUT2D eigenvalue weighted by Gasteiger charge is 2.18. The fraction of sp³-hybridized carbons (Fsp3) is 0.400. The summed E-state index contributed by atoms with van der Waals surface area (Å²) in [7, 11) is -3.77. The standard InChI is InChI=1S/C10H13N3O4S/c11-8-9-10(2-1-3-12-9)18(15,16)13-4-6-17-7-5-14/h1-3,13-14H,4-7H2. The highest BCUT2D eigenvalue weighted by molar-refractivity contribution is 7.89. The van der Waals surface area contributed by atoms with Gasteiger partial charge in [0.05, 0.1) is 19.8 Å². The first-order valence-corrected chi connectivity index (χ1v) is 6.63. The molecule has 1 rings (SSSR count). The molecule has 0 aromatic carbocycles. The Bertz CT molecular complexity index is 524. The Morgan fingerprint density at radius 3 is 2.94 bits per heavy atom. The summed E-state index contributed by atoms with van der Waals surface area (Å²) in [4.78, 5) is 3.52. The number of hydrogen-bond acceptors (Lipinski definition) is 6. The van der Waals surface area contributed by atoms with Crippen molar-refractivity contribution in [3.05, 3.63) is 24.0 Å². The third kappa shape index (κ3) is 4.05. The number of nitrogens with one attached hydrogen (secondary N) is 1. The van der Waals surface area contributed by atoms with Gasteiger partial charge >= 0.3 is 0 Å². The summed E-state index contributed by atoms with van der Waals surface area (Å²) in [5.74, 6) is 0. The van der Waals surface area contributed by atoms with Crippen molar-refractivity contribution in [2.45, 2.75) is 4.90 Å². The molecule has 0 aliphatic carbocycles. The number of pyridine rings is 1. The molecule has 0 spiro atoms. The molecule has 1 aromatic rings. The lowest BCUT2D eigenvalue weighted by Gasteiger charge is -2.07. The first-order valence-electron chi connectivity index (χ1n) is 5.15. The monoisotopic (exact) mass is 271 g/mol. The van der Waals surface area contributed by atoms with E-state index >= 15 is 0 Å². The normalized spacial score (nSPS) is 11.1. The number of nitriles is 1. The summed E-state index contributed by atoms with van der Waals surface area (Å²) in [6.45, 7) is 0.232. The number of sulfonamides is 1. The van der Waals surface area contributed by atoms with Crippen LogP contribution in [0.5, 0.6) is 0 Å². The molecular weight excluding hydrogens is 258 g/mol. The molecule has 0 fully saturated rings. The number of aliphatic hydroxyl groups is 1. The van der Waals surface area contributed by atoms with E-state index in [1.165, 1.54) is 18.3 Å². The van der Waals surface area contributed by atoms with Crippen LogP contribution in [0.1, 0.15) is 5.69 Å². The number of ether oxygens (including phenoxy) is 1. The second-order valence-corrected chi connectivity index (χ2v) is 4.93. The Labute approximate surface area is 105 Å². The van der Waals surface area contributed by atoms with Gasteiger partial charge in [0.15, 0.2) is 5.69 Å². The van der Waals surface area contributed by atoms with E-state index in [1.54, 1.807) is 6.07 Å². The number of aromatic nitrogens is 1. The van der Waals surface area contributed by atoms with Crippen LogP contribution in [0.3, 0.4) is 0 Å². The van der Waals surface area contributed by atoms with Gasteiger partial charge in [-0.2, -0.15) is 5.26 Å². The predicted molar refractivity (Wildman–Crippen MR) is 62.0 cm³/mol. The van der Waals surface area contributed by atoms with E-state index in [2.05, 4.69) is 9.71 Å². The third-order valence-corrected chi connectivity index (χ3v) is 3.43. The van der Waals surface area contributed by atoms with Crippen LogP contribution in [0.25, 0.3) is 0 Å². The van der Waals surface area contributed by atoms with E-state index in [4.69, 9.17) is 15.1 Å². The molecule has 0 atom stereocenters. The summed E-state index contributed by atoms with van der Waals surface area (Å²) in [5, 5.41) is 17.2. The molecule has 1 aromatic heterocycles. The smallest absolute Gasteiger partial charge is 0.243 e. The van der Waals surface area contributed by atoms with Crippen molar-refractivity contribution < 1.29 is 18.3 Å². The molecular formula is C10H13N3O4S. The second kappa shape index (κ2) is 7.03. The molecule has 0 saturated carbocycles. The van der Waals surface area contributed by atoms with Gasteiger partial charge in [0, 0.05) is 12.7 Å². The number of nitrogens with zero attached hydrogens (tertiary/aromatic N) is 2. The molecule has 98 valence electrons. The van der Waals surface area contributed by atoms with Crippen LogP contribution in [0, 0.1) is 11.3 Å². The Morgan fingerprint density at radius 2 is 2.28 bits per heavy atom. The van der Waals surface area contributed by atoms with Gasteiger partial charge in [-0.25, -0.2) is 18.1 Å². The van der Waals surface area contributed by atoms with Crippen molar-refractivity contribution in [2.24, 2.45) is 0 Å². The Hall–Kier alpha value is -1.53. The van der Waals surface area contributed by atoms with E-state index in [1.807, 2.05) is 0 Å². The molecule has 8 heteroatoms. The maximum Gasteiger partial charge on any atom is 0.243 e. The molecule has 0 radical (unpaired) electrons. The number of rotatable bonds is 7. The minimum Gasteiger partial charge on any atom is -0.394 e. The summed E-state index contributed by atoms with van der Waals surface area (Å²) in [5.41, 5.74) is -0.152. The van der Waals surface area contributed by atoms with Crippen LogP contribution in [0.4, 0.5) is 0 Å². The first kappa shape index (κ1) is 14.5. The van der Waals surface area contributed by atoms with E-state index in [0.717, 1.165) is 0 Å². The van der Waals surface area contributed by atoms with Crippen molar-refractivity contribution in [1.82, 2.24) is 9.71 Å². The topological polar surface area (TPSA) is 112 Å². The lowest BCUT2D eigenvalue weighted by Crippen LogP contribution is -2.28. The van der Waals surface area contributed by atoms with Gasteiger partial charge in [0.1, 0.15) is 11.0 Å². The van der Waals surface area contributed by atoms with Crippen molar-refractivity contribution in [2.75, 3.05) is 26.4 Å². The fourth-order valence-electron chi connectivity index (χ4n) is 1.18. The lowest BCUT2D eigenvalue weighted by atomic mass is 10.4. The Kier molecular flexibility index (Phi) is 5.67. The summed E-state index contributed by atoms with van der Waals surface area (Å²) in [6.07, 6.45) is 1.35. The highest BCUT2D eigenvalue weighted by Crippen LogP contribution is 2.11. The van der Waals surface area contributed by atoms with Crippen LogP contribution in [0.2, 0.25) is 0 Å². The summed E-state index contributed by atoms with van der Waals surface area (Å²) < 4.78 is 30.9. The number of aliphatic hydroxyl groups excluding tert-OH is 1. The van der Waals surface area contributed by atoms with Crippen LogP contribution in [-0.2, 0) is 14.8 Å². The van der Waals surface area contributed by atoms with Gasteiger partial charge in [-0.3, -0.25) is 0 Å². The van der Waals surface area contributed by atoms with E-state index < -0.39 is 10.0 Å². The van der Waals surface area contributed by atoms with Crippen molar-refractivity contribution in [3.8, 4) is 6.07 Å². The zero-order chi connectivity index (χ0) is 13.4. The fourth-order valence-corrected chi connectivity index (χ4v) is 2.30. The van der Waals surface area contributed by atoms with Crippen LogP contribution in [-0.4, -0.2) is 44.9 Å². The minimum absolute atomic E-state index is 0.0576. The zero-order valence-corrected chi connectivity index (χ0v) is 10.4. The maximum atomic E-state index is 11.8. The molecule has 1 heterocycles. The minimum atomic E-state index is -3.77. The molecule has 7 nitrogen and oxygen atoms in total. The molecule has 0 aliphatic rings. The summed E-state index contributed by atoms with van der Waals surface area (Å²) >= 11 is 0. The molecule has 0 unspecified atom stereocenters. The SMILES string of the molecule is N#Cc1ncccc1S(=O)(=O)NCCOCCO. The molecule has 2 N–H and O–H groups in total. The van der Waals surface area contributed by atoms with E-state index in [0.29, 0.717) is 0 Å². The number of hydrogen-bond donors (Lipinski definition) is 2. The van der Waals surface area contributed by atoms with Gasteiger partial charge in [-0.05, 0) is 12.1 Å². The van der Waals surface area contributed by atoms with Gasteiger partial charge in [-0.15, -0.1) is 0 Å². The average Bonchev–Trinajstić information content (AvgIpc) is 2.38. The van der Waals surface area contributed by atoms with E-state index in [-0.39, 0.29) is 37.0 Å². The van der Waals surface area contributed by atoms with Crippen LogP contribution >= 0.6 is 0 Å². The van der Waals surface area contributed by atoms with E-state index in [9.17, 15) is 8.42 Å². The average molecular weight is 271 g/mol. The van der Waals surface area contributed by atoms with Crippen LogP contribution in [0.15, 0.2) is 23.2 Å². The van der Waals surface area contributed by atoms with Gasteiger partial charge < -0.3 is 9.84 Å². The zero-order valence-electron chi connectivity index (χ0n) is 9.54. The first-order chi connectivity index (χ1) is 8.61. The lowest BCUT2D eigenvalue weighted by molar-refractivity contribution is 0.0961. The Balaban J connectivity index is 2.67. The predicted octanol–water partition coefficient (Wildman–Crippen LogP) is -0.760. The van der Waals surface area contributed by atoms with Gasteiger partial charge in [0.2, 0.25) is 10.0 Å². The van der Waals surface area contributed by atoms with Gasteiger partial charge in [0.25, 0.3) is 0 Å². The molecule has 18 heavy (non-hydrogen) atoms. The summed E-state index contributed by atoms with van der Waals surface area (Å²) in [6, 6.07) is 4.47. The van der Waals surface area contributed by atoms with Crippen molar-refractivity contribution in [3.63, 3.8) is 0 Å². The van der Waals surface area contributed by atoms with Crippen molar-refractivity contribution in [1.29, 1.82) is 5.26 Å². The molecule has 0 aliphatic heterocycles.